The minimum Gasteiger partial charge on any atom is -0.292 e. The van der Waals surface area contributed by atoms with Gasteiger partial charge in [0.2, 0.25) is 0 Å². The average Bonchev–Trinajstić information content (AvgIpc) is 2.08. The van der Waals surface area contributed by atoms with Crippen molar-refractivity contribution in [3.05, 3.63) is 34.1 Å². The Balaban J connectivity index is 3.04. The molecule has 0 radical (unpaired) electrons. The topological polar surface area (TPSA) is 17.1 Å². The highest BCUT2D eigenvalue weighted by atomic mass is 79.9. The summed E-state index contributed by atoms with van der Waals surface area (Å²) < 4.78 is 12.9. The van der Waals surface area contributed by atoms with E-state index in [1.165, 1.54) is 12.1 Å². The van der Waals surface area contributed by atoms with Gasteiger partial charge in [-0.3, -0.25) is 4.79 Å². The molecule has 0 saturated heterocycles. The summed E-state index contributed by atoms with van der Waals surface area (Å²) >= 11 is 9.11. The van der Waals surface area contributed by atoms with E-state index in [2.05, 4.69) is 47.8 Å². The van der Waals surface area contributed by atoms with Crippen molar-refractivity contribution in [2.75, 3.05) is 0 Å². The van der Waals surface area contributed by atoms with Crippen LogP contribution in [0.1, 0.15) is 10.4 Å². The van der Waals surface area contributed by atoms with Crippen molar-refractivity contribution in [3.63, 3.8) is 0 Å². The van der Waals surface area contributed by atoms with E-state index in [0.717, 1.165) is 0 Å². The molecule has 13 heavy (non-hydrogen) atoms. The van der Waals surface area contributed by atoms with Crippen LogP contribution < -0.4 is 0 Å². The lowest BCUT2D eigenvalue weighted by molar-refractivity contribution is 0.101. The first-order valence-corrected chi connectivity index (χ1v) is 5.92. The number of rotatable bonds is 2. The third kappa shape index (κ3) is 2.86. The molecule has 0 saturated carbocycles. The lowest BCUT2D eigenvalue weighted by Gasteiger charge is -2.02. The molecule has 0 aromatic heterocycles. The largest absolute Gasteiger partial charge is 0.292 e. The predicted molar refractivity (Wildman–Crippen MR) is 60.1 cm³/mol. The first kappa shape index (κ1) is 11.3. The molecule has 0 bridgehead atoms. The van der Waals surface area contributed by atoms with Crippen LogP contribution in [0.3, 0.4) is 0 Å². The molecule has 70 valence electrons. The fraction of sp³-hybridized carbons (Fsp3) is 0.125. The molecule has 1 rings (SSSR count). The van der Waals surface area contributed by atoms with Crippen LogP contribution >= 0.6 is 47.8 Å². The van der Waals surface area contributed by atoms with Crippen molar-refractivity contribution < 1.29 is 9.18 Å². The second-order valence-electron chi connectivity index (χ2n) is 2.29. The SMILES string of the molecule is O=C(c1ccc(Br)c(F)c1)C(Br)Br. The van der Waals surface area contributed by atoms with E-state index in [9.17, 15) is 9.18 Å². The summed E-state index contributed by atoms with van der Waals surface area (Å²) in [5.74, 6) is -0.641. The zero-order valence-electron chi connectivity index (χ0n) is 6.23. The standard InChI is InChI=1S/C8H4Br3FO/c9-5-2-1-4(3-6(5)12)7(13)8(10)11/h1-3,8H. The van der Waals surface area contributed by atoms with E-state index in [0.29, 0.717) is 10.0 Å². The number of hydrogen-bond donors (Lipinski definition) is 0. The number of benzene rings is 1. The lowest BCUT2D eigenvalue weighted by Crippen LogP contribution is -2.07. The van der Waals surface area contributed by atoms with Crippen molar-refractivity contribution in [1.82, 2.24) is 0 Å². The van der Waals surface area contributed by atoms with Gasteiger partial charge in [0.15, 0.2) is 5.78 Å². The van der Waals surface area contributed by atoms with Crippen LogP contribution in [-0.4, -0.2) is 9.52 Å². The number of carbonyl (C=O) groups is 1. The quantitative estimate of drug-likeness (QED) is 0.567. The number of halogens is 4. The number of carbonyl (C=O) groups excluding carboxylic acids is 1. The molecule has 1 nitrogen and oxygen atoms in total. The van der Waals surface area contributed by atoms with Crippen LogP contribution in [0.25, 0.3) is 0 Å². The summed E-state index contributed by atoms with van der Waals surface area (Å²) in [6.07, 6.45) is 0. The van der Waals surface area contributed by atoms with Gasteiger partial charge in [-0.1, -0.05) is 37.9 Å². The van der Waals surface area contributed by atoms with Gasteiger partial charge in [0.25, 0.3) is 0 Å². The van der Waals surface area contributed by atoms with Crippen LogP contribution in [0.15, 0.2) is 22.7 Å². The Hall–Kier alpha value is 0.260. The second kappa shape index (κ2) is 4.66. The first-order valence-electron chi connectivity index (χ1n) is 3.30. The molecule has 0 amide bonds. The molecule has 0 aliphatic rings. The molecule has 0 heterocycles. The molecule has 1 aromatic carbocycles. The van der Waals surface area contributed by atoms with E-state index in [4.69, 9.17) is 0 Å². The normalized spacial score (nSPS) is 10.5. The van der Waals surface area contributed by atoms with Gasteiger partial charge in [0.05, 0.1) is 4.47 Å². The number of ketones is 1. The van der Waals surface area contributed by atoms with Crippen molar-refractivity contribution in [1.29, 1.82) is 0 Å². The maximum Gasteiger partial charge on any atom is 0.187 e. The van der Waals surface area contributed by atoms with Crippen LogP contribution in [0.2, 0.25) is 0 Å². The second-order valence-corrected chi connectivity index (χ2v) is 6.21. The maximum atomic E-state index is 13.0. The summed E-state index contributed by atoms with van der Waals surface area (Å²) in [7, 11) is 0. The fourth-order valence-electron chi connectivity index (χ4n) is 0.775. The third-order valence-corrected chi connectivity index (χ3v) is 2.88. The van der Waals surface area contributed by atoms with Gasteiger partial charge in [-0.15, -0.1) is 0 Å². The molecule has 1 aromatic rings. The highest BCUT2D eigenvalue weighted by Gasteiger charge is 2.14. The van der Waals surface area contributed by atoms with Gasteiger partial charge in [-0.25, -0.2) is 4.39 Å². The summed E-state index contributed by atoms with van der Waals surface area (Å²) in [4.78, 5) is 11.3. The van der Waals surface area contributed by atoms with Crippen molar-refractivity contribution in [3.8, 4) is 0 Å². The zero-order valence-corrected chi connectivity index (χ0v) is 11.0. The first-order chi connectivity index (χ1) is 6.02. The highest BCUT2D eigenvalue weighted by Crippen LogP contribution is 2.20. The third-order valence-electron chi connectivity index (χ3n) is 1.40. The minimum atomic E-state index is -0.472. The summed E-state index contributed by atoms with van der Waals surface area (Å²) in [5.41, 5.74) is 0.333. The zero-order chi connectivity index (χ0) is 10.0. The van der Waals surface area contributed by atoms with Crippen LogP contribution in [0.5, 0.6) is 0 Å². The van der Waals surface area contributed by atoms with E-state index in [1.54, 1.807) is 6.07 Å². The summed E-state index contributed by atoms with van der Waals surface area (Å²) in [6, 6.07) is 4.26. The van der Waals surface area contributed by atoms with Gasteiger partial charge >= 0.3 is 0 Å². The Morgan fingerprint density at radius 2 is 2.00 bits per heavy atom. The van der Waals surface area contributed by atoms with Gasteiger partial charge in [-0.2, -0.15) is 0 Å². The molecular weight excluding hydrogens is 371 g/mol. The van der Waals surface area contributed by atoms with E-state index >= 15 is 0 Å². The molecule has 0 aliphatic heterocycles. The van der Waals surface area contributed by atoms with E-state index in [-0.39, 0.29) is 5.78 Å². The Morgan fingerprint density at radius 1 is 1.38 bits per heavy atom. The van der Waals surface area contributed by atoms with Gasteiger partial charge in [0.1, 0.15) is 9.55 Å². The van der Waals surface area contributed by atoms with Crippen molar-refractivity contribution >= 4 is 53.6 Å². The van der Waals surface area contributed by atoms with Crippen LogP contribution in [0, 0.1) is 5.82 Å². The molecular formula is C8H4Br3FO. The minimum absolute atomic E-state index is 0.202. The van der Waals surface area contributed by atoms with Gasteiger partial charge in [0, 0.05) is 5.56 Å². The number of hydrogen-bond acceptors (Lipinski definition) is 1. The van der Waals surface area contributed by atoms with E-state index < -0.39 is 9.55 Å². The van der Waals surface area contributed by atoms with Crippen molar-refractivity contribution in [2.45, 2.75) is 3.74 Å². The monoisotopic (exact) mass is 372 g/mol. The highest BCUT2D eigenvalue weighted by molar-refractivity contribution is 9.25. The Labute approximate surface area is 100 Å². The molecule has 0 spiro atoms. The average molecular weight is 375 g/mol. The molecule has 5 heteroatoms. The van der Waals surface area contributed by atoms with Gasteiger partial charge in [-0.05, 0) is 28.1 Å². The smallest absolute Gasteiger partial charge is 0.187 e. The number of Topliss-reactive ketones (excluding diaryl/α,β-unsaturated/α-hetero) is 1. The lowest BCUT2D eigenvalue weighted by atomic mass is 10.1. The molecule has 0 atom stereocenters. The van der Waals surface area contributed by atoms with Crippen molar-refractivity contribution in [2.24, 2.45) is 0 Å². The number of alkyl halides is 2. The Bertz CT molecular complexity index is 338. The van der Waals surface area contributed by atoms with Gasteiger partial charge < -0.3 is 0 Å². The van der Waals surface area contributed by atoms with Crippen LogP contribution in [0.4, 0.5) is 4.39 Å². The van der Waals surface area contributed by atoms with E-state index in [1.807, 2.05) is 0 Å². The molecule has 0 N–H and O–H groups in total. The molecule has 0 unspecified atom stereocenters. The Kier molecular flexibility index (Phi) is 4.06. The Morgan fingerprint density at radius 3 is 2.46 bits per heavy atom. The summed E-state index contributed by atoms with van der Waals surface area (Å²) in [5, 5.41) is 0. The molecule has 0 fully saturated rings. The fourth-order valence-corrected chi connectivity index (χ4v) is 1.55. The predicted octanol–water partition coefficient (Wildman–Crippen LogP) is 3.89. The van der Waals surface area contributed by atoms with Crippen LogP contribution in [-0.2, 0) is 0 Å². The molecule has 0 aliphatic carbocycles. The maximum absolute atomic E-state index is 13.0. The summed E-state index contributed by atoms with van der Waals surface area (Å²) in [6.45, 7) is 0.